The first-order valence-corrected chi connectivity index (χ1v) is 6.45. The molecule has 0 bridgehead atoms. The van der Waals surface area contributed by atoms with Crippen LogP contribution in [0.15, 0.2) is 21.9 Å². The van der Waals surface area contributed by atoms with Gasteiger partial charge in [0.05, 0.1) is 0 Å². The standard InChI is InChI=1S/C12H20N4O2/c1-2-15-6-3-11(17)16(12(15)18)10-9-14-7-4-13-5-8-14/h3,6,13H,2,4-5,7-10H2,1H3. The van der Waals surface area contributed by atoms with Crippen molar-refractivity contribution in [1.82, 2.24) is 19.4 Å². The maximum absolute atomic E-state index is 12.0. The zero-order chi connectivity index (χ0) is 13.0. The lowest BCUT2D eigenvalue weighted by Crippen LogP contribution is -2.47. The lowest BCUT2D eigenvalue weighted by molar-refractivity contribution is 0.229. The Labute approximate surface area is 106 Å². The number of hydrogen-bond acceptors (Lipinski definition) is 4. The third-order valence-corrected chi connectivity index (χ3v) is 3.33. The highest BCUT2D eigenvalue weighted by molar-refractivity contribution is 4.86. The summed E-state index contributed by atoms with van der Waals surface area (Å²) in [6.07, 6.45) is 1.56. The quantitative estimate of drug-likeness (QED) is 0.742. The monoisotopic (exact) mass is 252 g/mol. The first-order chi connectivity index (χ1) is 8.72. The van der Waals surface area contributed by atoms with E-state index < -0.39 is 0 Å². The van der Waals surface area contributed by atoms with Gasteiger partial charge < -0.3 is 9.88 Å². The van der Waals surface area contributed by atoms with E-state index >= 15 is 0 Å². The summed E-state index contributed by atoms with van der Waals surface area (Å²) in [6, 6.07) is 1.46. The van der Waals surface area contributed by atoms with E-state index in [0.29, 0.717) is 13.1 Å². The zero-order valence-corrected chi connectivity index (χ0v) is 10.8. The molecule has 6 nitrogen and oxygen atoms in total. The average Bonchev–Trinajstić information content (AvgIpc) is 2.40. The Morgan fingerprint density at radius 3 is 2.61 bits per heavy atom. The van der Waals surface area contributed by atoms with Crippen LogP contribution in [0.1, 0.15) is 6.92 Å². The Kier molecular flexibility index (Phi) is 4.33. The van der Waals surface area contributed by atoms with Crippen LogP contribution in [0.3, 0.4) is 0 Å². The molecule has 1 aromatic rings. The third-order valence-electron chi connectivity index (χ3n) is 3.33. The van der Waals surface area contributed by atoms with Crippen molar-refractivity contribution in [2.24, 2.45) is 0 Å². The molecule has 1 fully saturated rings. The van der Waals surface area contributed by atoms with E-state index in [-0.39, 0.29) is 11.2 Å². The lowest BCUT2D eigenvalue weighted by Gasteiger charge is -2.27. The number of hydrogen-bond donors (Lipinski definition) is 1. The molecule has 0 radical (unpaired) electrons. The second-order valence-electron chi connectivity index (χ2n) is 4.47. The van der Waals surface area contributed by atoms with E-state index in [1.54, 1.807) is 10.8 Å². The van der Waals surface area contributed by atoms with Gasteiger partial charge >= 0.3 is 5.69 Å². The highest BCUT2D eigenvalue weighted by atomic mass is 16.2. The van der Waals surface area contributed by atoms with Gasteiger partial charge in [-0.15, -0.1) is 0 Å². The first kappa shape index (κ1) is 13.0. The Bertz CT molecular complexity index is 500. The van der Waals surface area contributed by atoms with E-state index in [0.717, 1.165) is 32.7 Å². The molecule has 0 aromatic carbocycles. The molecule has 1 aliphatic rings. The highest BCUT2D eigenvalue weighted by Gasteiger charge is 2.10. The van der Waals surface area contributed by atoms with E-state index in [9.17, 15) is 9.59 Å². The van der Waals surface area contributed by atoms with Crippen LogP contribution < -0.4 is 16.6 Å². The average molecular weight is 252 g/mol. The first-order valence-electron chi connectivity index (χ1n) is 6.45. The fourth-order valence-electron chi connectivity index (χ4n) is 2.18. The smallest absolute Gasteiger partial charge is 0.314 e. The molecule has 1 N–H and O–H groups in total. The number of aromatic nitrogens is 2. The largest absolute Gasteiger partial charge is 0.330 e. The molecule has 0 aliphatic carbocycles. The molecule has 0 atom stereocenters. The molecular weight excluding hydrogens is 232 g/mol. The van der Waals surface area contributed by atoms with Crippen molar-refractivity contribution in [3.8, 4) is 0 Å². The highest BCUT2D eigenvalue weighted by Crippen LogP contribution is 1.92. The zero-order valence-electron chi connectivity index (χ0n) is 10.8. The maximum Gasteiger partial charge on any atom is 0.330 e. The molecule has 0 spiro atoms. The minimum absolute atomic E-state index is 0.208. The van der Waals surface area contributed by atoms with Crippen molar-refractivity contribution in [1.29, 1.82) is 0 Å². The summed E-state index contributed by atoms with van der Waals surface area (Å²) in [5.41, 5.74) is -0.417. The number of nitrogens with one attached hydrogen (secondary N) is 1. The Balaban J connectivity index is 2.08. The van der Waals surface area contributed by atoms with Gasteiger partial charge in [-0.1, -0.05) is 0 Å². The van der Waals surface area contributed by atoms with E-state index in [1.807, 2.05) is 6.92 Å². The second-order valence-corrected chi connectivity index (χ2v) is 4.47. The normalized spacial score (nSPS) is 16.9. The summed E-state index contributed by atoms with van der Waals surface area (Å²) >= 11 is 0. The fraction of sp³-hybridized carbons (Fsp3) is 0.667. The second kappa shape index (κ2) is 5.97. The summed E-state index contributed by atoms with van der Waals surface area (Å²) in [4.78, 5) is 26.0. The summed E-state index contributed by atoms with van der Waals surface area (Å²) in [6.45, 7) is 7.61. The van der Waals surface area contributed by atoms with Crippen LogP contribution in [0.25, 0.3) is 0 Å². The van der Waals surface area contributed by atoms with Gasteiger partial charge in [0, 0.05) is 58.1 Å². The molecule has 0 unspecified atom stereocenters. The van der Waals surface area contributed by atoms with Crippen molar-refractivity contribution >= 4 is 0 Å². The SMILES string of the molecule is CCn1ccc(=O)n(CCN2CCNCC2)c1=O. The number of piperazine rings is 1. The summed E-state index contributed by atoms with van der Waals surface area (Å²) in [5, 5.41) is 3.28. The van der Waals surface area contributed by atoms with Gasteiger partial charge in [-0.2, -0.15) is 0 Å². The molecule has 1 saturated heterocycles. The van der Waals surface area contributed by atoms with E-state index in [4.69, 9.17) is 0 Å². The molecule has 0 saturated carbocycles. The third kappa shape index (κ3) is 2.88. The van der Waals surface area contributed by atoms with Crippen LogP contribution in [0.2, 0.25) is 0 Å². The van der Waals surface area contributed by atoms with Gasteiger partial charge in [-0.3, -0.25) is 14.3 Å². The lowest BCUT2D eigenvalue weighted by atomic mass is 10.3. The Hall–Kier alpha value is -1.40. The minimum Gasteiger partial charge on any atom is -0.314 e. The van der Waals surface area contributed by atoms with E-state index in [1.165, 1.54) is 10.6 Å². The summed E-state index contributed by atoms with van der Waals surface area (Å²) in [7, 11) is 0. The number of nitrogens with zero attached hydrogens (tertiary/aromatic N) is 3. The van der Waals surface area contributed by atoms with Crippen molar-refractivity contribution < 1.29 is 0 Å². The van der Waals surface area contributed by atoms with Gasteiger partial charge in [0.1, 0.15) is 0 Å². The van der Waals surface area contributed by atoms with Gasteiger partial charge in [0.2, 0.25) is 0 Å². The minimum atomic E-state index is -0.208. The molecule has 1 aromatic heterocycles. The van der Waals surface area contributed by atoms with Gasteiger partial charge in [-0.25, -0.2) is 4.79 Å². The predicted octanol–water partition coefficient (Wildman–Crippen LogP) is -1.06. The van der Waals surface area contributed by atoms with Gasteiger partial charge in [-0.05, 0) is 6.92 Å². The van der Waals surface area contributed by atoms with Crippen LogP contribution in [0, 0.1) is 0 Å². The Morgan fingerprint density at radius 2 is 1.94 bits per heavy atom. The summed E-state index contributed by atoms with van der Waals surface area (Å²) in [5.74, 6) is 0. The Morgan fingerprint density at radius 1 is 1.22 bits per heavy atom. The molecule has 100 valence electrons. The molecular formula is C12H20N4O2. The maximum atomic E-state index is 12.0. The van der Waals surface area contributed by atoms with Crippen molar-refractivity contribution in [2.45, 2.75) is 20.0 Å². The van der Waals surface area contributed by atoms with Crippen molar-refractivity contribution in [3.63, 3.8) is 0 Å². The predicted molar refractivity (Wildman–Crippen MR) is 69.9 cm³/mol. The molecule has 6 heteroatoms. The van der Waals surface area contributed by atoms with E-state index in [2.05, 4.69) is 10.2 Å². The van der Waals surface area contributed by atoms with Crippen LogP contribution >= 0.6 is 0 Å². The van der Waals surface area contributed by atoms with Gasteiger partial charge in [0.15, 0.2) is 0 Å². The van der Waals surface area contributed by atoms with Crippen molar-refractivity contribution in [2.75, 3.05) is 32.7 Å². The van der Waals surface area contributed by atoms with Crippen LogP contribution in [0.4, 0.5) is 0 Å². The number of rotatable bonds is 4. The van der Waals surface area contributed by atoms with Gasteiger partial charge in [0.25, 0.3) is 5.56 Å². The molecule has 0 amide bonds. The fourth-order valence-corrected chi connectivity index (χ4v) is 2.18. The molecule has 18 heavy (non-hydrogen) atoms. The number of aryl methyl sites for hydroxylation is 1. The van der Waals surface area contributed by atoms with Crippen LogP contribution in [0.5, 0.6) is 0 Å². The molecule has 2 rings (SSSR count). The summed E-state index contributed by atoms with van der Waals surface area (Å²) < 4.78 is 2.88. The van der Waals surface area contributed by atoms with Crippen molar-refractivity contribution in [3.05, 3.63) is 33.1 Å². The van der Waals surface area contributed by atoms with Crippen LogP contribution in [-0.4, -0.2) is 46.8 Å². The van der Waals surface area contributed by atoms with Crippen LogP contribution in [-0.2, 0) is 13.1 Å². The molecule has 1 aliphatic heterocycles. The molecule has 2 heterocycles. The topological polar surface area (TPSA) is 59.3 Å².